The van der Waals surface area contributed by atoms with E-state index in [1.165, 1.54) is 119 Å². The number of sulfone groups is 1. The third kappa shape index (κ3) is 39.6. The van der Waals surface area contributed by atoms with Crippen molar-refractivity contribution in [1.29, 1.82) is 0 Å². The van der Waals surface area contributed by atoms with Gasteiger partial charge in [-0.1, -0.05) is 155 Å². The second kappa shape index (κ2) is 53.5. The second-order valence-electron chi connectivity index (χ2n) is 31.0. The number of hydrogen-bond donors (Lipinski definition) is 3. The maximum atomic E-state index is 12.2. The van der Waals surface area contributed by atoms with E-state index in [1.807, 2.05) is 108 Å². The van der Waals surface area contributed by atoms with Crippen molar-refractivity contribution in [3.63, 3.8) is 0 Å². The van der Waals surface area contributed by atoms with Gasteiger partial charge in [-0.25, -0.2) is 8.42 Å². The zero-order chi connectivity index (χ0) is 94.7. The predicted molar refractivity (Wildman–Crippen MR) is 511 cm³/mol. The lowest BCUT2D eigenvalue weighted by molar-refractivity contribution is -0.138. The number of likely N-dealkylation sites (N-methyl/N-ethyl adjacent to an activating group) is 1. The molecular formula is C94H117BrCl2F3N5O15S6. The number of benzene rings is 5. The largest absolute Gasteiger partial charge is 0.481 e. The number of thiophene rings is 5. The van der Waals surface area contributed by atoms with Crippen molar-refractivity contribution in [2.24, 2.45) is 0 Å². The fraction of sp³-hybridized carbons (Fsp3) is 0.394. The van der Waals surface area contributed by atoms with Crippen molar-refractivity contribution in [2.75, 3.05) is 99.3 Å². The van der Waals surface area contributed by atoms with Crippen LogP contribution in [0.3, 0.4) is 0 Å². The van der Waals surface area contributed by atoms with Gasteiger partial charge in [0, 0.05) is 110 Å². The minimum Gasteiger partial charge on any atom is -0.481 e. The Kier molecular flexibility index (Phi) is 46.6. The number of aliphatic hydroxyl groups is 1. The Morgan fingerprint density at radius 2 is 0.794 bits per heavy atom. The highest BCUT2D eigenvalue weighted by Gasteiger charge is 2.37. The topological polar surface area (TPSA) is 258 Å². The van der Waals surface area contributed by atoms with Crippen molar-refractivity contribution in [3.05, 3.63) is 283 Å². The Bertz CT molecular complexity index is 5070. The van der Waals surface area contributed by atoms with E-state index in [1.54, 1.807) is 74.3 Å². The number of alkyl halides is 3. The number of nitrogens with zero attached hydrogens (tertiary/aromatic N) is 5. The van der Waals surface area contributed by atoms with Gasteiger partial charge >= 0.3 is 18.1 Å². The molecule has 0 aliphatic carbocycles. The van der Waals surface area contributed by atoms with Crippen molar-refractivity contribution < 1.29 is 84.7 Å². The van der Waals surface area contributed by atoms with Crippen molar-refractivity contribution >= 4 is 147 Å². The first-order valence-electron chi connectivity index (χ1n) is 39.9. The van der Waals surface area contributed by atoms with Crippen LogP contribution in [-0.2, 0) is 45.2 Å². The SMILES string of the molecule is COC1CN(C(=O)c2ccc(C)s2)CC1O.COC1CN(C(=O)c2ccc(C)s2)CC1OC.Cc1ccc(Br)cc1.Cc1ccc(C(=O)N(C)CC(=O)O)s1.Cc1ccc(C(=O)N(C)CCC(=O)O)s1.Cc1ccc(C(=O)N2CCS(=O)(=O)CC2)s1.Cc1ccc(C(C)(C)C)cc1.Cc1ccc(C(F)(F)F)cc1.Cc1ccc(C)c(C)c1.Cc1ccc(Cl)c(Cl)c1. The highest BCUT2D eigenvalue weighted by atomic mass is 79.9. The van der Waals surface area contributed by atoms with Crippen LogP contribution in [0.4, 0.5) is 13.2 Å². The average Bonchev–Trinajstić information content (AvgIpc) is 1.69. The lowest BCUT2D eigenvalue weighted by Gasteiger charge is -2.26. The van der Waals surface area contributed by atoms with Crippen LogP contribution in [0.25, 0.3) is 0 Å². The quantitative estimate of drug-likeness (QED) is 0.0969. The summed E-state index contributed by atoms with van der Waals surface area (Å²) in [5, 5.41) is 27.9. The minimum atomic E-state index is -4.21. The van der Waals surface area contributed by atoms with Crippen LogP contribution in [0.15, 0.2) is 174 Å². The molecule has 3 aliphatic heterocycles. The summed E-state index contributed by atoms with van der Waals surface area (Å²) < 4.78 is 75.1. The first-order chi connectivity index (χ1) is 58.9. The van der Waals surface area contributed by atoms with E-state index >= 15 is 0 Å². The molecule has 20 nitrogen and oxygen atoms in total. The molecule has 126 heavy (non-hydrogen) atoms. The van der Waals surface area contributed by atoms with Crippen LogP contribution in [-0.4, -0.2) is 213 Å². The number of aliphatic hydroxyl groups excluding tert-OH is 1. The smallest absolute Gasteiger partial charge is 0.416 e. The molecule has 0 bridgehead atoms. The number of β-amino-alcohol motifs (C(OH)–C–C–N with tert-alkyl or cyclic N) is 1. The molecule has 5 aromatic heterocycles. The number of aryl methyl sites for hydroxylation is 12. The van der Waals surface area contributed by atoms with E-state index < -0.39 is 39.6 Å². The summed E-state index contributed by atoms with van der Waals surface area (Å²) in [5.74, 6) is -2.08. The molecule has 4 atom stereocenters. The molecule has 3 fully saturated rings. The number of carbonyl (C=O) groups is 7. The highest BCUT2D eigenvalue weighted by Crippen LogP contribution is 2.31. The van der Waals surface area contributed by atoms with Gasteiger partial charge in [0.1, 0.15) is 24.9 Å². The Hall–Kier alpha value is -8.47. The zero-order valence-corrected chi connectivity index (χ0v) is 82.9. The number of likely N-dealkylation sites (tertiary alicyclic amines) is 2. The summed E-state index contributed by atoms with van der Waals surface area (Å²) in [6.45, 7) is 33.4. The number of hydrogen-bond acceptors (Lipinski definition) is 18. The van der Waals surface area contributed by atoms with Gasteiger partial charge in [0.05, 0.1) is 64.0 Å². The maximum absolute atomic E-state index is 12.2. The number of ether oxygens (including phenoxy) is 3. The first-order valence-corrected chi connectivity index (χ1v) is 47.4. The van der Waals surface area contributed by atoms with E-state index in [9.17, 15) is 60.3 Å². The number of rotatable bonds is 13. The van der Waals surface area contributed by atoms with Gasteiger partial charge < -0.3 is 54.0 Å². The summed E-state index contributed by atoms with van der Waals surface area (Å²) in [5.41, 5.74) is 9.79. The Labute approximate surface area is 778 Å². The maximum Gasteiger partial charge on any atom is 0.416 e. The van der Waals surface area contributed by atoms with E-state index in [-0.39, 0.29) is 84.3 Å². The predicted octanol–water partition coefficient (Wildman–Crippen LogP) is 21.2. The summed E-state index contributed by atoms with van der Waals surface area (Å²) in [6.07, 6.45) is -5.12. The fourth-order valence-electron chi connectivity index (χ4n) is 11.5. The molecule has 10 aromatic rings. The van der Waals surface area contributed by atoms with Gasteiger partial charge in [0.15, 0.2) is 9.84 Å². The standard InChI is InChI=1S/C12H17NO3S.C11H15NO3S.C11H16.C10H13NO3S2.C10H13NO3S.C9H11NO3S.C9H12.C8H7F3.C7H7Br.C7H6Cl2/c1-8-4-5-11(17-8)12(14)13-6-9(15-2)10(7-13)16-3;1-7-3-4-10(16-7)11(14)12-5-8(13)9(6-12)15-2;1-9-5-7-10(8-6-9)11(2,3)4;1-8-2-3-9(15-8)10(12)11-4-6-16(13,14)7-5-11;1-7-3-4-8(15-7)10(14)11(2)6-5-9(12)13;1-6-3-4-7(14-6)9(13)10(2)5-8(11)12;1-7-4-5-8(2)9(3)6-7;1-6-2-4-7(5-3-6)8(9,10)11;1-6-2-4-7(8)5-3-6;1-5-2-3-6(8)7(9)4-5/h4-5,9-10H,6-7H2,1-3H3;3-4,8-9,13H,5-6H2,1-2H3;5-8H,1-4H3;2-3H,4-7H2,1H3;3-4H,5-6H2,1-2H3,(H,12,13);3-4H,5H2,1-2H3,(H,11,12);4-6H,1-3H3;2-5H,1H3;2-5H,1H3;2-4H,1H3. The summed E-state index contributed by atoms with van der Waals surface area (Å²) in [6, 6.07) is 52.6. The minimum absolute atomic E-state index is 0.0169. The second-order valence-corrected chi connectivity index (χ2v) is 41.5. The molecule has 3 saturated heterocycles. The summed E-state index contributed by atoms with van der Waals surface area (Å²) in [4.78, 5) is 96.8. The number of aliphatic carboxylic acids is 2. The Balaban J connectivity index is 0.000000296. The zero-order valence-electron chi connectivity index (χ0n) is 74.9. The number of carbonyl (C=O) groups excluding carboxylic acids is 5. The first kappa shape index (κ1) is 110. The van der Waals surface area contributed by atoms with E-state index in [0.29, 0.717) is 63.9 Å². The molecule has 3 N–H and O–H groups in total. The molecule has 0 spiro atoms. The lowest BCUT2D eigenvalue weighted by Crippen LogP contribution is -2.43. The normalized spacial score (nSPS) is 15.2. The number of amides is 5. The molecule has 3 aliphatic rings. The molecule has 8 heterocycles. The van der Waals surface area contributed by atoms with Crippen LogP contribution in [0.1, 0.15) is 150 Å². The van der Waals surface area contributed by atoms with Crippen LogP contribution >= 0.6 is 95.8 Å². The van der Waals surface area contributed by atoms with E-state index in [2.05, 4.69) is 126 Å². The third-order valence-corrected chi connectivity index (χ3v) is 26.9. The molecule has 32 heteroatoms. The van der Waals surface area contributed by atoms with Crippen molar-refractivity contribution in [1.82, 2.24) is 24.5 Å². The Morgan fingerprint density at radius 3 is 1.12 bits per heavy atom. The summed E-state index contributed by atoms with van der Waals surface area (Å²) in [7, 11) is 5.03. The van der Waals surface area contributed by atoms with Gasteiger partial charge in [-0.2, -0.15) is 13.2 Å². The third-order valence-electron chi connectivity index (χ3n) is 19.1. The van der Waals surface area contributed by atoms with Gasteiger partial charge in [-0.15, -0.1) is 56.7 Å². The Morgan fingerprint density at radius 1 is 0.444 bits per heavy atom. The van der Waals surface area contributed by atoms with Crippen LogP contribution in [0, 0.1) is 83.1 Å². The van der Waals surface area contributed by atoms with E-state index in [4.69, 9.17) is 47.6 Å². The van der Waals surface area contributed by atoms with E-state index in [0.717, 1.165) is 61.9 Å². The number of methoxy groups -OCH3 is 3. The molecule has 5 aromatic carbocycles. The van der Waals surface area contributed by atoms with Gasteiger partial charge in [0.25, 0.3) is 29.5 Å². The average molecular weight is 1960 g/mol. The van der Waals surface area contributed by atoms with Gasteiger partial charge in [-0.05, 0) is 208 Å². The molecular weight excluding hydrogens is 1840 g/mol. The number of halogens is 6. The molecule has 0 radical (unpaired) electrons. The van der Waals surface area contributed by atoms with Crippen molar-refractivity contribution in [2.45, 2.75) is 146 Å². The highest BCUT2D eigenvalue weighted by molar-refractivity contribution is 9.10. The van der Waals surface area contributed by atoms with Crippen LogP contribution < -0.4 is 0 Å². The number of carboxylic acids is 2. The molecule has 13 rings (SSSR count). The molecule has 4 unspecified atom stereocenters. The lowest BCUT2D eigenvalue weighted by atomic mass is 9.87. The number of carboxylic acid groups (broad SMARTS) is 2. The fourth-order valence-corrected chi connectivity index (χ4v) is 17.5. The molecule has 5 amide bonds. The van der Waals surface area contributed by atoms with Crippen LogP contribution in [0.2, 0.25) is 10.0 Å². The monoisotopic (exact) mass is 1950 g/mol. The summed E-state index contributed by atoms with van der Waals surface area (Å²) >= 11 is 21.9. The van der Waals surface area contributed by atoms with Gasteiger partial charge in [0.2, 0.25) is 0 Å². The van der Waals surface area contributed by atoms with Gasteiger partial charge in [-0.3, -0.25) is 33.6 Å². The van der Waals surface area contributed by atoms with Crippen LogP contribution in [0.5, 0.6) is 0 Å². The molecule has 0 saturated carbocycles. The van der Waals surface area contributed by atoms with Crippen molar-refractivity contribution in [3.8, 4) is 0 Å². The molecule has 686 valence electrons.